The van der Waals surface area contributed by atoms with Crippen LogP contribution in [0.5, 0.6) is 5.75 Å². The third kappa shape index (κ3) is 3.67. The Labute approximate surface area is 147 Å². The minimum Gasteiger partial charge on any atom is -0.495 e. The molecule has 3 aromatic rings. The third-order valence-corrected chi connectivity index (χ3v) is 5.14. The molecule has 3 rings (SSSR count). The van der Waals surface area contributed by atoms with Crippen LogP contribution in [-0.2, 0) is 0 Å². The van der Waals surface area contributed by atoms with Gasteiger partial charge in [0, 0.05) is 11.6 Å². The number of nitrogens with zero attached hydrogens (tertiary/aromatic N) is 2. The van der Waals surface area contributed by atoms with Crippen molar-refractivity contribution in [1.29, 1.82) is 5.26 Å². The van der Waals surface area contributed by atoms with E-state index in [0.717, 1.165) is 20.5 Å². The summed E-state index contributed by atoms with van der Waals surface area (Å²) in [4.78, 5) is 4.36. The monoisotopic (exact) mass is 357 g/mol. The largest absolute Gasteiger partial charge is 0.495 e. The van der Waals surface area contributed by atoms with Gasteiger partial charge in [-0.15, -0.1) is 11.3 Å². The van der Waals surface area contributed by atoms with Crippen LogP contribution in [0.25, 0.3) is 10.6 Å². The van der Waals surface area contributed by atoms with Crippen molar-refractivity contribution in [3.8, 4) is 22.4 Å². The molecule has 0 spiro atoms. The van der Waals surface area contributed by atoms with Crippen LogP contribution in [0.2, 0.25) is 0 Å². The lowest BCUT2D eigenvalue weighted by Gasteiger charge is -2.09. The number of methoxy groups -OCH3 is 1. The quantitative estimate of drug-likeness (QED) is 0.655. The molecule has 7 heteroatoms. The molecule has 1 N–H and O–H groups in total. The number of anilines is 1. The van der Waals surface area contributed by atoms with E-state index in [1.54, 1.807) is 43.6 Å². The van der Waals surface area contributed by atoms with Gasteiger partial charge in [-0.2, -0.15) is 5.26 Å². The first kappa shape index (κ1) is 16.3. The molecule has 0 unspecified atom stereocenters. The summed E-state index contributed by atoms with van der Waals surface area (Å²) in [6, 6.07) is 13.5. The van der Waals surface area contributed by atoms with Crippen LogP contribution in [0, 0.1) is 17.1 Å². The highest BCUT2D eigenvalue weighted by atomic mass is 32.2. The van der Waals surface area contributed by atoms with Crippen molar-refractivity contribution < 1.29 is 9.13 Å². The Kier molecular flexibility index (Phi) is 4.99. The van der Waals surface area contributed by atoms with Crippen molar-refractivity contribution in [2.24, 2.45) is 0 Å². The molecule has 1 heterocycles. The summed E-state index contributed by atoms with van der Waals surface area (Å²) < 4.78 is 22.4. The summed E-state index contributed by atoms with van der Waals surface area (Å²) in [5, 5.41) is 9.75. The van der Waals surface area contributed by atoms with Crippen LogP contribution in [-0.4, -0.2) is 12.1 Å². The summed E-state index contributed by atoms with van der Waals surface area (Å²) in [5.41, 5.74) is 2.20. The Hall–Kier alpha value is -2.56. The maximum atomic E-state index is 13.0. The Morgan fingerprint density at radius 3 is 2.75 bits per heavy atom. The van der Waals surface area contributed by atoms with Gasteiger partial charge in [-0.1, -0.05) is 0 Å². The van der Waals surface area contributed by atoms with Crippen molar-refractivity contribution in [3.05, 3.63) is 60.0 Å². The highest BCUT2D eigenvalue weighted by molar-refractivity contribution is 8.02. The predicted molar refractivity (Wildman–Crippen MR) is 94.7 cm³/mol. The number of nitriles is 1. The Morgan fingerprint density at radius 1 is 1.25 bits per heavy atom. The molecule has 0 saturated heterocycles. The summed E-state index contributed by atoms with van der Waals surface area (Å²) in [6.45, 7) is 0. The number of rotatable bonds is 5. The average Bonchev–Trinajstić information content (AvgIpc) is 3.09. The lowest BCUT2D eigenvalue weighted by Crippen LogP contribution is -1.92. The van der Waals surface area contributed by atoms with Gasteiger partial charge in [0.15, 0.2) is 0 Å². The van der Waals surface area contributed by atoms with Crippen LogP contribution in [0.3, 0.4) is 0 Å². The fraction of sp³-hybridized carbons (Fsp3) is 0.0588. The van der Waals surface area contributed by atoms with Gasteiger partial charge in [-0.05, 0) is 48.3 Å². The van der Waals surface area contributed by atoms with E-state index in [9.17, 15) is 4.39 Å². The fourth-order valence-corrected chi connectivity index (χ4v) is 3.65. The molecule has 0 radical (unpaired) electrons. The Bertz CT molecular complexity index is 888. The lowest BCUT2D eigenvalue weighted by molar-refractivity contribution is 0.417. The van der Waals surface area contributed by atoms with E-state index in [1.807, 2.05) is 0 Å². The zero-order chi connectivity index (χ0) is 16.9. The molecular formula is C17H12FN3OS2. The van der Waals surface area contributed by atoms with Gasteiger partial charge in [0.25, 0.3) is 0 Å². The summed E-state index contributed by atoms with van der Waals surface area (Å²) in [6.07, 6.45) is 1.76. The van der Waals surface area contributed by atoms with Crippen LogP contribution in [0.1, 0.15) is 5.56 Å². The third-order valence-electron chi connectivity index (χ3n) is 3.17. The molecule has 0 fully saturated rings. The average molecular weight is 357 g/mol. The molecular weight excluding hydrogens is 345 g/mol. The summed E-state index contributed by atoms with van der Waals surface area (Å²) >= 11 is 2.91. The van der Waals surface area contributed by atoms with Crippen molar-refractivity contribution in [2.75, 3.05) is 11.8 Å². The minimum atomic E-state index is -0.264. The Balaban J connectivity index is 1.72. The smallest absolute Gasteiger partial charge is 0.144 e. The van der Waals surface area contributed by atoms with E-state index in [-0.39, 0.29) is 5.82 Å². The number of halogens is 1. The molecule has 0 aliphatic carbocycles. The lowest BCUT2D eigenvalue weighted by atomic mass is 10.2. The second-order valence-corrected chi connectivity index (χ2v) is 6.86. The Morgan fingerprint density at radius 2 is 2.04 bits per heavy atom. The maximum absolute atomic E-state index is 13.0. The van der Waals surface area contributed by atoms with Crippen molar-refractivity contribution in [2.45, 2.75) is 4.21 Å². The fourth-order valence-electron chi connectivity index (χ4n) is 1.98. The maximum Gasteiger partial charge on any atom is 0.144 e. The van der Waals surface area contributed by atoms with Crippen molar-refractivity contribution >= 4 is 29.0 Å². The molecule has 0 amide bonds. The summed E-state index contributed by atoms with van der Waals surface area (Å²) in [5.74, 6) is 0.337. The van der Waals surface area contributed by atoms with E-state index in [4.69, 9.17) is 10.00 Å². The second-order valence-electron chi connectivity index (χ2n) is 4.72. The topological polar surface area (TPSA) is 57.9 Å². The van der Waals surface area contributed by atoms with E-state index in [0.29, 0.717) is 11.3 Å². The first-order chi connectivity index (χ1) is 11.7. The van der Waals surface area contributed by atoms with Gasteiger partial charge < -0.3 is 9.46 Å². The molecule has 0 aliphatic heterocycles. The first-order valence-electron chi connectivity index (χ1n) is 6.92. The van der Waals surface area contributed by atoms with E-state index in [1.165, 1.54) is 35.4 Å². The molecule has 24 heavy (non-hydrogen) atoms. The predicted octanol–water partition coefficient (Wildman–Crippen LogP) is 4.95. The number of ether oxygens (including phenoxy) is 1. The van der Waals surface area contributed by atoms with Gasteiger partial charge in [0.05, 0.1) is 30.6 Å². The molecule has 4 nitrogen and oxygen atoms in total. The minimum absolute atomic E-state index is 0.264. The van der Waals surface area contributed by atoms with Crippen molar-refractivity contribution in [3.63, 3.8) is 0 Å². The van der Waals surface area contributed by atoms with Crippen LogP contribution >= 0.6 is 23.3 Å². The van der Waals surface area contributed by atoms with Gasteiger partial charge in [-0.3, -0.25) is 0 Å². The standard InChI is InChI=1S/C17H12FN3OS2/c1-22-15-8-11(9-19)2-7-14(15)21-24-16-10-20-17(23-16)12-3-5-13(18)6-4-12/h2-8,10,21H,1H3. The SMILES string of the molecule is COc1cc(C#N)ccc1NSc1cnc(-c2ccc(F)cc2)s1. The normalized spacial score (nSPS) is 10.2. The van der Waals surface area contributed by atoms with E-state index >= 15 is 0 Å². The van der Waals surface area contributed by atoms with Gasteiger partial charge in [0.2, 0.25) is 0 Å². The zero-order valence-electron chi connectivity index (χ0n) is 12.6. The number of thiazole rings is 1. The molecule has 0 bridgehead atoms. The second kappa shape index (κ2) is 7.34. The van der Waals surface area contributed by atoms with Gasteiger partial charge >= 0.3 is 0 Å². The number of nitrogens with one attached hydrogen (secondary N) is 1. The van der Waals surface area contributed by atoms with Crippen LogP contribution < -0.4 is 9.46 Å². The summed E-state index contributed by atoms with van der Waals surface area (Å²) in [7, 11) is 1.56. The molecule has 1 aromatic heterocycles. The first-order valence-corrected chi connectivity index (χ1v) is 8.55. The molecule has 0 aliphatic rings. The number of aromatic nitrogens is 1. The highest BCUT2D eigenvalue weighted by Gasteiger charge is 2.08. The van der Waals surface area contributed by atoms with Gasteiger partial charge in [-0.25, -0.2) is 9.37 Å². The molecule has 2 aromatic carbocycles. The van der Waals surface area contributed by atoms with Crippen molar-refractivity contribution in [1.82, 2.24) is 4.98 Å². The van der Waals surface area contributed by atoms with E-state index < -0.39 is 0 Å². The van der Waals surface area contributed by atoms with Crippen LogP contribution in [0.15, 0.2) is 52.9 Å². The molecule has 0 atom stereocenters. The highest BCUT2D eigenvalue weighted by Crippen LogP contribution is 2.34. The number of hydrogen-bond acceptors (Lipinski definition) is 6. The number of hydrogen-bond donors (Lipinski definition) is 1. The van der Waals surface area contributed by atoms with E-state index in [2.05, 4.69) is 15.8 Å². The van der Waals surface area contributed by atoms with Crippen LogP contribution in [0.4, 0.5) is 10.1 Å². The van der Waals surface area contributed by atoms with Gasteiger partial charge in [0.1, 0.15) is 20.8 Å². The zero-order valence-corrected chi connectivity index (χ0v) is 14.2. The molecule has 120 valence electrons. The molecule has 0 saturated carbocycles. The number of benzene rings is 2.